The maximum absolute atomic E-state index is 12.9. The highest BCUT2D eigenvalue weighted by Gasteiger charge is 2.37. The maximum Gasteiger partial charge on any atom is 0.257 e. The molecule has 0 aromatic heterocycles. The van der Waals surface area contributed by atoms with Crippen molar-refractivity contribution in [2.75, 3.05) is 39.8 Å². The zero-order valence-corrected chi connectivity index (χ0v) is 14.9. The smallest absolute Gasteiger partial charge is 0.257 e. The van der Waals surface area contributed by atoms with Gasteiger partial charge in [0.05, 0.1) is 24.8 Å². The number of methoxy groups -OCH3 is 1. The van der Waals surface area contributed by atoms with Crippen molar-refractivity contribution >= 4 is 17.5 Å². The number of aliphatic hydroxyl groups is 1. The van der Waals surface area contributed by atoms with Crippen molar-refractivity contribution in [2.24, 2.45) is 0 Å². The van der Waals surface area contributed by atoms with Crippen LogP contribution in [0, 0.1) is 0 Å². The van der Waals surface area contributed by atoms with Crippen LogP contribution in [0.1, 0.15) is 36.0 Å². The van der Waals surface area contributed by atoms with Crippen LogP contribution < -0.4 is 4.74 Å². The third-order valence-corrected chi connectivity index (χ3v) is 5.19. The molecule has 3 rings (SSSR count). The number of likely N-dealkylation sites (tertiary alicyclic amines) is 2. The van der Waals surface area contributed by atoms with Gasteiger partial charge in [-0.25, -0.2) is 0 Å². The van der Waals surface area contributed by atoms with E-state index >= 15 is 0 Å². The van der Waals surface area contributed by atoms with Crippen molar-refractivity contribution in [2.45, 2.75) is 31.3 Å². The van der Waals surface area contributed by atoms with Gasteiger partial charge in [-0.1, -0.05) is 11.6 Å². The number of halogens is 1. The largest absolute Gasteiger partial charge is 0.496 e. The lowest BCUT2D eigenvalue weighted by Gasteiger charge is -2.41. The number of amides is 1. The molecule has 0 bridgehead atoms. The first-order valence-electron chi connectivity index (χ1n) is 8.58. The molecular weight excluding hydrogens is 328 g/mol. The quantitative estimate of drug-likeness (QED) is 0.904. The van der Waals surface area contributed by atoms with Crippen LogP contribution in [-0.2, 0) is 0 Å². The van der Waals surface area contributed by atoms with Crippen LogP contribution in [0.15, 0.2) is 18.2 Å². The van der Waals surface area contributed by atoms with Gasteiger partial charge in [0.1, 0.15) is 5.75 Å². The monoisotopic (exact) mass is 352 g/mol. The molecule has 2 saturated heterocycles. The number of nitrogens with zero attached hydrogens (tertiary/aromatic N) is 2. The Hall–Kier alpha value is -1.30. The molecule has 2 heterocycles. The van der Waals surface area contributed by atoms with Crippen molar-refractivity contribution in [1.82, 2.24) is 9.80 Å². The van der Waals surface area contributed by atoms with Crippen LogP contribution in [0.4, 0.5) is 0 Å². The first kappa shape index (κ1) is 17.5. The summed E-state index contributed by atoms with van der Waals surface area (Å²) >= 11 is 6.04. The summed E-state index contributed by atoms with van der Waals surface area (Å²) in [5.74, 6) is 0.381. The van der Waals surface area contributed by atoms with Gasteiger partial charge in [0.25, 0.3) is 5.91 Å². The zero-order valence-electron chi connectivity index (χ0n) is 14.1. The molecule has 2 aliphatic rings. The number of hydrogen-bond donors (Lipinski definition) is 1. The van der Waals surface area contributed by atoms with Crippen molar-refractivity contribution in [3.05, 3.63) is 28.8 Å². The van der Waals surface area contributed by atoms with Gasteiger partial charge < -0.3 is 19.6 Å². The van der Waals surface area contributed by atoms with Gasteiger partial charge >= 0.3 is 0 Å². The van der Waals surface area contributed by atoms with Gasteiger partial charge in [0.2, 0.25) is 0 Å². The Balaban J connectivity index is 1.74. The van der Waals surface area contributed by atoms with E-state index < -0.39 is 5.60 Å². The molecule has 0 radical (unpaired) electrons. The van der Waals surface area contributed by atoms with E-state index in [1.54, 1.807) is 30.2 Å². The molecule has 1 aromatic carbocycles. The molecule has 6 heteroatoms. The fraction of sp³-hybridized carbons (Fsp3) is 0.611. The lowest BCUT2D eigenvalue weighted by molar-refractivity contribution is -0.0431. The van der Waals surface area contributed by atoms with E-state index in [2.05, 4.69) is 4.90 Å². The van der Waals surface area contributed by atoms with Crippen molar-refractivity contribution in [3.8, 4) is 5.75 Å². The predicted molar refractivity (Wildman–Crippen MR) is 93.8 cm³/mol. The summed E-state index contributed by atoms with van der Waals surface area (Å²) in [5.41, 5.74) is -0.375. The third-order valence-electron chi connectivity index (χ3n) is 4.95. The topological polar surface area (TPSA) is 53.0 Å². The molecule has 0 spiro atoms. The van der Waals surface area contributed by atoms with Crippen molar-refractivity contribution in [1.29, 1.82) is 0 Å². The first-order valence-corrected chi connectivity index (χ1v) is 8.96. The maximum atomic E-state index is 12.9. The Morgan fingerprint density at radius 3 is 2.75 bits per heavy atom. The molecule has 1 N–H and O–H groups in total. The zero-order chi connectivity index (χ0) is 17.2. The second-order valence-electron chi connectivity index (χ2n) is 6.88. The number of rotatable bonds is 4. The molecule has 0 saturated carbocycles. The SMILES string of the molecule is COc1ccc(Cl)cc1C(=O)N1CCC[C@@](O)(CN2CCCC2)C1. The summed E-state index contributed by atoms with van der Waals surface area (Å²) in [6.07, 6.45) is 3.93. The Kier molecular flexibility index (Phi) is 5.33. The fourth-order valence-electron chi connectivity index (χ4n) is 3.79. The Bertz CT molecular complexity index is 604. The second kappa shape index (κ2) is 7.30. The minimum Gasteiger partial charge on any atom is -0.496 e. The number of hydrogen-bond acceptors (Lipinski definition) is 4. The molecule has 24 heavy (non-hydrogen) atoms. The summed E-state index contributed by atoms with van der Waals surface area (Å²) in [5, 5.41) is 11.5. The average Bonchev–Trinajstić information content (AvgIpc) is 3.06. The van der Waals surface area contributed by atoms with Gasteiger partial charge in [0.15, 0.2) is 0 Å². The average molecular weight is 353 g/mol. The molecule has 2 aliphatic heterocycles. The molecule has 2 fully saturated rings. The first-order chi connectivity index (χ1) is 11.5. The van der Waals surface area contributed by atoms with Crippen molar-refractivity contribution < 1.29 is 14.6 Å². The van der Waals surface area contributed by atoms with E-state index in [1.165, 1.54) is 12.8 Å². The predicted octanol–water partition coefficient (Wildman–Crippen LogP) is 2.41. The molecule has 1 atom stereocenters. The number of ether oxygens (including phenoxy) is 1. The van der Waals surface area contributed by atoms with E-state index in [4.69, 9.17) is 16.3 Å². The van der Waals surface area contributed by atoms with E-state index in [9.17, 15) is 9.90 Å². The Labute approximate surface area is 148 Å². The summed E-state index contributed by atoms with van der Waals surface area (Å²) in [6.45, 7) is 3.73. The van der Waals surface area contributed by atoms with Crippen LogP contribution in [0.5, 0.6) is 5.75 Å². The highest BCUT2D eigenvalue weighted by molar-refractivity contribution is 6.31. The lowest BCUT2D eigenvalue weighted by Crippen LogP contribution is -2.55. The van der Waals surface area contributed by atoms with E-state index in [0.717, 1.165) is 25.9 Å². The number of benzene rings is 1. The standard InChI is InChI=1S/C18H25ClN2O3/c1-24-16-6-5-14(19)11-15(16)17(22)21-10-4-7-18(23,13-21)12-20-8-2-3-9-20/h5-6,11,23H,2-4,7-10,12-13H2,1H3/t18-/m1/s1. The molecule has 0 aliphatic carbocycles. The third kappa shape index (κ3) is 3.85. The molecule has 1 aromatic rings. The highest BCUT2D eigenvalue weighted by atomic mass is 35.5. The Morgan fingerprint density at radius 1 is 1.29 bits per heavy atom. The van der Waals surface area contributed by atoms with Crippen molar-refractivity contribution in [3.63, 3.8) is 0 Å². The van der Waals surface area contributed by atoms with E-state index in [0.29, 0.717) is 36.0 Å². The van der Waals surface area contributed by atoms with Gasteiger partial charge in [-0.05, 0) is 57.0 Å². The van der Waals surface area contributed by atoms with Crippen LogP contribution in [0.3, 0.4) is 0 Å². The summed E-state index contributed by atoms with van der Waals surface area (Å²) in [7, 11) is 1.54. The number of carbonyl (C=O) groups is 1. The van der Waals surface area contributed by atoms with E-state index in [1.807, 2.05) is 0 Å². The van der Waals surface area contributed by atoms with Crippen LogP contribution in [0.2, 0.25) is 5.02 Å². The molecular formula is C18H25ClN2O3. The number of piperidine rings is 1. The molecule has 5 nitrogen and oxygen atoms in total. The summed E-state index contributed by atoms with van der Waals surface area (Å²) < 4.78 is 5.30. The molecule has 132 valence electrons. The van der Waals surface area contributed by atoms with Gasteiger partial charge in [-0.2, -0.15) is 0 Å². The lowest BCUT2D eigenvalue weighted by atomic mass is 9.91. The fourth-order valence-corrected chi connectivity index (χ4v) is 3.96. The normalized spacial score (nSPS) is 25.0. The summed E-state index contributed by atoms with van der Waals surface area (Å²) in [4.78, 5) is 16.9. The Morgan fingerprint density at radius 2 is 2.04 bits per heavy atom. The molecule has 0 unspecified atom stereocenters. The van der Waals surface area contributed by atoms with Gasteiger partial charge in [0, 0.05) is 18.1 Å². The minimum atomic E-state index is -0.829. The molecule has 1 amide bonds. The van der Waals surface area contributed by atoms with Crippen LogP contribution in [-0.4, -0.2) is 66.2 Å². The highest BCUT2D eigenvalue weighted by Crippen LogP contribution is 2.28. The van der Waals surface area contributed by atoms with E-state index in [-0.39, 0.29) is 5.91 Å². The van der Waals surface area contributed by atoms with Gasteiger partial charge in [-0.3, -0.25) is 4.79 Å². The summed E-state index contributed by atoms with van der Waals surface area (Å²) in [6, 6.07) is 5.05. The van der Waals surface area contributed by atoms with Crippen LogP contribution in [0.25, 0.3) is 0 Å². The number of carbonyl (C=O) groups excluding carboxylic acids is 1. The van der Waals surface area contributed by atoms with Crippen LogP contribution >= 0.6 is 11.6 Å². The second-order valence-corrected chi connectivity index (χ2v) is 7.32. The van der Waals surface area contributed by atoms with Gasteiger partial charge in [-0.15, -0.1) is 0 Å². The minimum absolute atomic E-state index is 0.131. The number of β-amino-alcohol motifs (C(OH)–C–C–N with tert-alkyl or cyclic N) is 1.